The molecule has 0 aromatic heterocycles. The maximum Gasteiger partial charge on any atom is 0.243 e. The average molecular weight is 408 g/mol. The van der Waals surface area contributed by atoms with Gasteiger partial charge in [0.2, 0.25) is 21.8 Å². The lowest BCUT2D eigenvalue weighted by atomic mass is 10.0. The highest BCUT2D eigenvalue weighted by molar-refractivity contribution is 7.89. The van der Waals surface area contributed by atoms with Gasteiger partial charge in [-0.1, -0.05) is 26.0 Å². The summed E-state index contributed by atoms with van der Waals surface area (Å²) in [6.45, 7) is 6.68. The molecular weight excluding hydrogens is 378 g/mol. The Morgan fingerprint density at radius 3 is 2.21 bits per heavy atom. The van der Waals surface area contributed by atoms with E-state index in [9.17, 15) is 18.0 Å². The molecule has 0 bridgehead atoms. The van der Waals surface area contributed by atoms with Crippen LogP contribution < -0.4 is 0 Å². The van der Waals surface area contributed by atoms with Gasteiger partial charge in [0.25, 0.3) is 0 Å². The van der Waals surface area contributed by atoms with E-state index in [0.29, 0.717) is 56.4 Å². The monoisotopic (exact) mass is 407 g/mol. The lowest BCUT2D eigenvalue weighted by molar-refractivity contribution is -0.133. The number of rotatable bonds is 6. The highest BCUT2D eigenvalue weighted by atomic mass is 32.2. The third-order valence-electron chi connectivity index (χ3n) is 5.54. The van der Waals surface area contributed by atoms with Gasteiger partial charge in [-0.25, -0.2) is 8.42 Å². The molecule has 8 heteroatoms. The molecule has 2 heterocycles. The lowest BCUT2D eigenvalue weighted by Crippen LogP contribution is -2.50. The summed E-state index contributed by atoms with van der Waals surface area (Å²) in [4.78, 5) is 27.8. The van der Waals surface area contributed by atoms with Crippen LogP contribution >= 0.6 is 0 Å². The Balaban J connectivity index is 1.53. The molecule has 0 unspecified atom stereocenters. The fourth-order valence-corrected chi connectivity index (χ4v) is 5.10. The van der Waals surface area contributed by atoms with E-state index in [1.165, 1.54) is 4.31 Å². The molecule has 3 rings (SSSR count). The fourth-order valence-electron chi connectivity index (χ4n) is 3.68. The number of sulfonamides is 1. The number of likely N-dealkylation sites (tertiary alicyclic amines) is 1. The average Bonchev–Trinajstić information content (AvgIpc) is 3.11. The van der Waals surface area contributed by atoms with Gasteiger partial charge in [-0.2, -0.15) is 4.31 Å². The van der Waals surface area contributed by atoms with Crippen LogP contribution in [-0.2, 0) is 19.6 Å². The van der Waals surface area contributed by atoms with E-state index in [0.717, 1.165) is 18.5 Å². The number of carbonyl (C=O) groups excluding carboxylic acids is 2. The van der Waals surface area contributed by atoms with Crippen molar-refractivity contribution in [3.8, 4) is 0 Å². The number of hydrogen-bond acceptors (Lipinski definition) is 4. The summed E-state index contributed by atoms with van der Waals surface area (Å²) in [7, 11) is -3.54. The van der Waals surface area contributed by atoms with Crippen LogP contribution in [0.3, 0.4) is 0 Å². The van der Waals surface area contributed by atoms with Gasteiger partial charge in [0, 0.05) is 52.1 Å². The van der Waals surface area contributed by atoms with Gasteiger partial charge in [-0.3, -0.25) is 9.59 Å². The van der Waals surface area contributed by atoms with Gasteiger partial charge in [-0.15, -0.1) is 0 Å². The number of piperazine rings is 1. The zero-order valence-electron chi connectivity index (χ0n) is 16.6. The first-order valence-electron chi connectivity index (χ1n) is 9.94. The molecule has 2 aliphatic rings. The smallest absolute Gasteiger partial charge is 0.243 e. The van der Waals surface area contributed by atoms with Crippen molar-refractivity contribution in [3.63, 3.8) is 0 Å². The predicted octanol–water partition coefficient (Wildman–Crippen LogP) is 1.66. The Hall–Kier alpha value is -1.93. The quantitative estimate of drug-likeness (QED) is 0.718. The van der Waals surface area contributed by atoms with E-state index in [1.54, 1.807) is 21.9 Å². The highest BCUT2D eigenvalue weighted by Crippen LogP contribution is 2.21. The Morgan fingerprint density at radius 2 is 1.68 bits per heavy atom. The SMILES string of the molecule is CC(C)c1ccc(S(=O)(=O)N2CCN(C(=O)CCN3CCCC3=O)CC2)cc1. The standard InChI is InChI=1S/C20H29N3O4S/c1-16(2)17-5-7-18(8-6-17)28(26,27)23-14-12-22(13-15-23)20(25)9-11-21-10-3-4-19(21)24/h5-8,16H,3-4,9-15H2,1-2H3. The molecule has 1 aromatic rings. The molecule has 0 aliphatic carbocycles. The Kier molecular flexibility index (Phi) is 6.40. The number of hydrogen-bond donors (Lipinski definition) is 0. The van der Waals surface area contributed by atoms with Crippen molar-refractivity contribution in [2.75, 3.05) is 39.3 Å². The molecule has 0 atom stereocenters. The van der Waals surface area contributed by atoms with Crippen molar-refractivity contribution in [1.29, 1.82) is 0 Å². The van der Waals surface area contributed by atoms with Gasteiger partial charge >= 0.3 is 0 Å². The minimum Gasteiger partial charge on any atom is -0.342 e. The van der Waals surface area contributed by atoms with Crippen molar-refractivity contribution in [2.45, 2.75) is 43.9 Å². The first-order chi connectivity index (χ1) is 13.3. The Labute approximate surface area is 167 Å². The summed E-state index contributed by atoms with van der Waals surface area (Å²) in [5, 5.41) is 0. The lowest BCUT2D eigenvalue weighted by Gasteiger charge is -2.34. The van der Waals surface area contributed by atoms with Crippen LogP contribution in [0, 0.1) is 0 Å². The van der Waals surface area contributed by atoms with Crippen molar-refractivity contribution in [2.24, 2.45) is 0 Å². The fraction of sp³-hybridized carbons (Fsp3) is 0.600. The first-order valence-corrected chi connectivity index (χ1v) is 11.4. The normalized spacial score (nSPS) is 18.9. The molecule has 154 valence electrons. The molecule has 0 radical (unpaired) electrons. The van der Waals surface area contributed by atoms with Crippen LogP contribution in [-0.4, -0.2) is 73.6 Å². The number of nitrogens with zero attached hydrogens (tertiary/aromatic N) is 3. The van der Waals surface area contributed by atoms with E-state index in [2.05, 4.69) is 13.8 Å². The number of benzene rings is 1. The summed E-state index contributed by atoms with van der Waals surface area (Å²) in [5.74, 6) is 0.451. The third-order valence-corrected chi connectivity index (χ3v) is 7.46. The zero-order valence-corrected chi connectivity index (χ0v) is 17.5. The van der Waals surface area contributed by atoms with Gasteiger partial charge in [0.15, 0.2) is 0 Å². The van der Waals surface area contributed by atoms with E-state index in [-0.39, 0.29) is 11.8 Å². The first kappa shape index (κ1) is 20.8. The van der Waals surface area contributed by atoms with Gasteiger partial charge < -0.3 is 9.80 Å². The molecule has 0 spiro atoms. The molecule has 7 nitrogen and oxygen atoms in total. The minimum atomic E-state index is -3.54. The highest BCUT2D eigenvalue weighted by Gasteiger charge is 2.30. The Morgan fingerprint density at radius 1 is 1.04 bits per heavy atom. The largest absolute Gasteiger partial charge is 0.342 e. The van der Waals surface area contributed by atoms with Crippen LogP contribution in [0.5, 0.6) is 0 Å². The van der Waals surface area contributed by atoms with Crippen LogP contribution in [0.4, 0.5) is 0 Å². The Bertz CT molecular complexity index is 812. The van der Waals surface area contributed by atoms with Crippen LogP contribution in [0.15, 0.2) is 29.2 Å². The number of carbonyl (C=O) groups is 2. The van der Waals surface area contributed by atoms with Crippen LogP contribution in [0.25, 0.3) is 0 Å². The summed E-state index contributed by atoms with van der Waals surface area (Å²) >= 11 is 0. The van der Waals surface area contributed by atoms with Crippen molar-refractivity contribution in [3.05, 3.63) is 29.8 Å². The molecule has 2 amide bonds. The van der Waals surface area contributed by atoms with Gasteiger partial charge in [0.1, 0.15) is 0 Å². The second-order valence-corrected chi connectivity index (χ2v) is 9.68. The third kappa shape index (κ3) is 4.55. The summed E-state index contributed by atoms with van der Waals surface area (Å²) in [6.07, 6.45) is 1.74. The molecule has 2 fully saturated rings. The maximum absolute atomic E-state index is 12.9. The molecular formula is C20H29N3O4S. The van der Waals surface area contributed by atoms with E-state index >= 15 is 0 Å². The topological polar surface area (TPSA) is 78.0 Å². The number of amides is 2. The molecule has 0 N–H and O–H groups in total. The van der Waals surface area contributed by atoms with E-state index in [1.807, 2.05) is 12.1 Å². The van der Waals surface area contributed by atoms with Crippen molar-refractivity contribution >= 4 is 21.8 Å². The summed E-state index contributed by atoms with van der Waals surface area (Å²) in [5.41, 5.74) is 1.10. The van der Waals surface area contributed by atoms with Gasteiger partial charge in [-0.05, 0) is 30.0 Å². The second-order valence-electron chi connectivity index (χ2n) is 7.74. The molecule has 0 saturated carbocycles. The predicted molar refractivity (Wildman–Crippen MR) is 106 cm³/mol. The van der Waals surface area contributed by atoms with Gasteiger partial charge in [0.05, 0.1) is 4.90 Å². The van der Waals surface area contributed by atoms with E-state index < -0.39 is 10.0 Å². The van der Waals surface area contributed by atoms with Crippen molar-refractivity contribution < 1.29 is 18.0 Å². The zero-order chi connectivity index (χ0) is 20.3. The minimum absolute atomic E-state index is 0.0157. The second kappa shape index (κ2) is 8.61. The van der Waals surface area contributed by atoms with Crippen LogP contribution in [0.1, 0.15) is 44.6 Å². The summed E-state index contributed by atoms with van der Waals surface area (Å²) in [6, 6.07) is 7.04. The molecule has 2 aliphatic heterocycles. The van der Waals surface area contributed by atoms with E-state index in [4.69, 9.17) is 0 Å². The van der Waals surface area contributed by atoms with Crippen LogP contribution in [0.2, 0.25) is 0 Å². The molecule has 1 aromatic carbocycles. The molecule has 28 heavy (non-hydrogen) atoms. The van der Waals surface area contributed by atoms with Crippen molar-refractivity contribution in [1.82, 2.24) is 14.1 Å². The summed E-state index contributed by atoms with van der Waals surface area (Å²) < 4.78 is 27.2. The molecule has 2 saturated heterocycles. The maximum atomic E-state index is 12.9.